The van der Waals surface area contributed by atoms with E-state index in [2.05, 4.69) is 15.5 Å². The third-order valence-corrected chi connectivity index (χ3v) is 3.10. The molecule has 1 saturated heterocycles. The molecule has 0 spiro atoms. The van der Waals surface area contributed by atoms with Crippen LogP contribution in [0.5, 0.6) is 0 Å². The molecule has 0 radical (unpaired) electrons. The summed E-state index contributed by atoms with van der Waals surface area (Å²) >= 11 is 0. The van der Waals surface area contributed by atoms with Crippen molar-refractivity contribution in [2.75, 3.05) is 20.3 Å². The number of amides is 1. The monoisotopic (exact) mass is 253 g/mol. The lowest BCUT2D eigenvalue weighted by molar-refractivity contribution is -0.122. The molecule has 0 aliphatic carbocycles. The van der Waals surface area contributed by atoms with Gasteiger partial charge in [-0.1, -0.05) is 0 Å². The molecule has 100 valence electrons. The van der Waals surface area contributed by atoms with Crippen molar-refractivity contribution in [3.63, 3.8) is 0 Å². The Morgan fingerprint density at radius 1 is 1.67 bits per heavy atom. The molecule has 0 bridgehead atoms. The minimum atomic E-state index is -0.0252. The highest BCUT2D eigenvalue weighted by molar-refractivity contribution is 5.76. The molecule has 1 aromatic heterocycles. The van der Waals surface area contributed by atoms with E-state index in [9.17, 15) is 4.79 Å². The van der Waals surface area contributed by atoms with E-state index < -0.39 is 0 Å². The lowest BCUT2D eigenvalue weighted by atomic mass is 10.1. The van der Waals surface area contributed by atoms with E-state index in [1.807, 2.05) is 6.20 Å². The van der Waals surface area contributed by atoms with Crippen LogP contribution >= 0.6 is 0 Å². The number of aryl methyl sites for hydroxylation is 1. The van der Waals surface area contributed by atoms with Crippen molar-refractivity contribution in [1.29, 1.82) is 0 Å². The normalized spacial score (nSPS) is 23.2. The first kappa shape index (κ1) is 13.0. The Labute approximate surface area is 106 Å². The minimum Gasteiger partial charge on any atom is -0.377 e. The Kier molecular flexibility index (Phi) is 4.72. The lowest BCUT2D eigenvalue weighted by Gasteiger charge is -2.17. The molecule has 0 saturated carbocycles. The second-order valence-electron chi connectivity index (χ2n) is 4.45. The topological polar surface area (TPSA) is 76.2 Å². The first-order valence-corrected chi connectivity index (χ1v) is 6.17. The van der Waals surface area contributed by atoms with Crippen LogP contribution in [0.2, 0.25) is 0 Å². The number of hydrogen-bond acceptors (Lipinski definition) is 4. The molecule has 2 heterocycles. The summed E-state index contributed by atoms with van der Waals surface area (Å²) in [7, 11) is 1.64. The first-order valence-electron chi connectivity index (χ1n) is 6.17. The smallest absolute Gasteiger partial charge is 0.220 e. The van der Waals surface area contributed by atoms with Crippen LogP contribution in [0.3, 0.4) is 0 Å². The van der Waals surface area contributed by atoms with Gasteiger partial charge < -0.3 is 14.8 Å². The summed E-state index contributed by atoms with van der Waals surface area (Å²) in [6.07, 6.45) is 5.80. The predicted octanol–water partition coefficient (Wildman–Crippen LogP) is 0.262. The van der Waals surface area contributed by atoms with E-state index in [0.29, 0.717) is 19.6 Å². The van der Waals surface area contributed by atoms with Crippen LogP contribution in [0.1, 0.15) is 18.4 Å². The molecule has 6 heteroatoms. The average molecular weight is 253 g/mol. The number of carbonyl (C=O) groups is 1. The molecule has 2 rings (SSSR count). The number of nitrogens with zero attached hydrogens (tertiary/aromatic N) is 1. The van der Waals surface area contributed by atoms with Gasteiger partial charge in [0.05, 0.1) is 25.5 Å². The molecule has 1 aliphatic heterocycles. The maximum Gasteiger partial charge on any atom is 0.220 e. The van der Waals surface area contributed by atoms with E-state index in [0.717, 1.165) is 18.4 Å². The third kappa shape index (κ3) is 3.54. The standard InChI is InChI=1S/C12H19N3O3/c1-17-11-8-18-7-10(11)15-12(16)4-2-3-9-5-13-14-6-9/h5-6,10-11H,2-4,7-8H2,1H3,(H,13,14)(H,15,16)/t10-,11-/m0/s1. The van der Waals surface area contributed by atoms with E-state index in [1.54, 1.807) is 13.3 Å². The summed E-state index contributed by atoms with van der Waals surface area (Å²) in [5.41, 5.74) is 1.13. The fourth-order valence-corrected chi connectivity index (χ4v) is 2.05. The summed E-state index contributed by atoms with van der Waals surface area (Å²) in [6.45, 7) is 1.09. The van der Waals surface area contributed by atoms with Gasteiger partial charge in [-0.05, 0) is 18.4 Å². The van der Waals surface area contributed by atoms with E-state index in [-0.39, 0.29) is 18.1 Å². The van der Waals surface area contributed by atoms with Gasteiger partial charge in [0.2, 0.25) is 5.91 Å². The lowest BCUT2D eigenvalue weighted by Crippen LogP contribution is -2.43. The molecule has 18 heavy (non-hydrogen) atoms. The quantitative estimate of drug-likeness (QED) is 0.762. The molecule has 2 atom stereocenters. The van der Waals surface area contributed by atoms with Crippen LogP contribution in [0.4, 0.5) is 0 Å². The Bertz CT molecular complexity index is 367. The van der Waals surface area contributed by atoms with Crippen molar-refractivity contribution < 1.29 is 14.3 Å². The van der Waals surface area contributed by atoms with Gasteiger partial charge in [-0.25, -0.2) is 0 Å². The molecule has 2 N–H and O–H groups in total. The number of rotatable bonds is 6. The van der Waals surface area contributed by atoms with Crippen molar-refractivity contribution in [2.45, 2.75) is 31.4 Å². The van der Waals surface area contributed by atoms with E-state index >= 15 is 0 Å². The van der Waals surface area contributed by atoms with Crippen molar-refractivity contribution >= 4 is 5.91 Å². The van der Waals surface area contributed by atoms with Gasteiger partial charge in [0.15, 0.2) is 0 Å². The van der Waals surface area contributed by atoms with E-state index in [4.69, 9.17) is 9.47 Å². The van der Waals surface area contributed by atoms with Crippen LogP contribution in [-0.2, 0) is 20.7 Å². The number of aromatic amines is 1. The molecule has 6 nitrogen and oxygen atoms in total. The third-order valence-electron chi connectivity index (χ3n) is 3.10. The Hall–Kier alpha value is -1.40. The molecule has 1 aliphatic rings. The Balaban J connectivity index is 1.65. The number of carbonyl (C=O) groups excluding carboxylic acids is 1. The number of H-pyrrole nitrogens is 1. The fourth-order valence-electron chi connectivity index (χ4n) is 2.05. The summed E-state index contributed by atoms with van der Waals surface area (Å²) in [5.74, 6) is 0.0519. The Morgan fingerprint density at radius 2 is 2.56 bits per heavy atom. The summed E-state index contributed by atoms with van der Waals surface area (Å²) in [6, 6.07) is -0.0172. The number of methoxy groups -OCH3 is 1. The van der Waals surface area contributed by atoms with Gasteiger partial charge >= 0.3 is 0 Å². The second-order valence-corrected chi connectivity index (χ2v) is 4.45. The minimum absolute atomic E-state index is 0.0172. The van der Waals surface area contributed by atoms with Crippen LogP contribution < -0.4 is 5.32 Å². The SMILES string of the molecule is CO[C@H]1COC[C@@H]1NC(=O)CCCc1cn[nH]c1. The second kappa shape index (κ2) is 6.51. The van der Waals surface area contributed by atoms with Gasteiger partial charge in [-0.2, -0.15) is 5.10 Å². The number of ether oxygens (including phenoxy) is 2. The highest BCUT2D eigenvalue weighted by Crippen LogP contribution is 2.09. The van der Waals surface area contributed by atoms with Crippen LogP contribution in [0.15, 0.2) is 12.4 Å². The zero-order valence-corrected chi connectivity index (χ0v) is 10.5. The highest BCUT2D eigenvalue weighted by Gasteiger charge is 2.29. The van der Waals surface area contributed by atoms with Crippen molar-refractivity contribution in [3.05, 3.63) is 18.0 Å². The molecular formula is C12H19N3O3. The number of aromatic nitrogens is 2. The zero-order chi connectivity index (χ0) is 12.8. The van der Waals surface area contributed by atoms with Crippen LogP contribution in [0, 0.1) is 0 Å². The van der Waals surface area contributed by atoms with Crippen LogP contribution in [0.25, 0.3) is 0 Å². The van der Waals surface area contributed by atoms with Crippen molar-refractivity contribution in [3.8, 4) is 0 Å². The highest BCUT2D eigenvalue weighted by atomic mass is 16.5. The van der Waals surface area contributed by atoms with Gasteiger partial charge in [-0.15, -0.1) is 0 Å². The van der Waals surface area contributed by atoms with Gasteiger partial charge in [0.1, 0.15) is 6.10 Å². The molecule has 1 aromatic rings. The maximum absolute atomic E-state index is 11.7. The predicted molar refractivity (Wildman–Crippen MR) is 65.1 cm³/mol. The molecule has 0 aromatic carbocycles. The molecule has 1 amide bonds. The van der Waals surface area contributed by atoms with Gasteiger partial charge in [-0.3, -0.25) is 9.89 Å². The van der Waals surface area contributed by atoms with E-state index in [1.165, 1.54) is 0 Å². The summed E-state index contributed by atoms with van der Waals surface area (Å²) < 4.78 is 10.5. The molecule has 1 fully saturated rings. The zero-order valence-electron chi connectivity index (χ0n) is 10.5. The van der Waals surface area contributed by atoms with Gasteiger partial charge in [0.25, 0.3) is 0 Å². The summed E-state index contributed by atoms with van der Waals surface area (Å²) in [5, 5.41) is 9.57. The first-order chi connectivity index (χ1) is 8.79. The maximum atomic E-state index is 11.7. The summed E-state index contributed by atoms with van der Waals surface area (Å²) in [4.78, 5) is 11.7. The Morgan fingerprint density at radius 3 is 3.28 bits per heavy atom. The number of nitrogens with one attached hydrogen (secondary N) is 2. The molecule has 0 unspecified atom stereocenters. The largest absolute Gasteiger partial charge is 0.377 e. The number of hydrogen-bond donors (Lipinski definition) is 2. The van der Waals surface area contributed by atoms with Crippen molar-refractivity contribution in [2.24, 2.45) is 0 Å². The molecular weight excluding hydrogens is 234 g/mol. The average Bonchev–Trinajstić information content (AvgIpc) is 3.00. The van der Waals surface area contributed by atoms with Crippen LogP contribution in [-0.4, -0.2) is 48.6 Å². The fraction of sp³-hybridized carbons (Fsp3) is 0.667. The van der Waals surface area contributed by atoms with Crippen molar-refractivity contribution in [1.82, 2.24) is 15.5 Å². The van der Waals surface area contributed by atoms with Gasteiger partial charge in [0, 0.05) is 19.7 Å².